The SMILES string of the molecule is COc1ccc2oc(-c3cccc(N)c3O)nc2c1. The Labute approximate surface area is 109 Å². The minimum Gasteiger partial charge on any atom is -0.505 e. The van der Waals surface area contributed by atoms with Crippen LogP contribution in [-0.2, 0) is 0 Å². The summed E-state index contributed by atoms with van der Waals surface area (Å²) < 4.78 is 10.7. The number of aromatic hydroxyl groups is 1. The number of methoxy groups -OCH3 is 1. The molecule has 5 nitrogen and oxygen atoms in total. The molecule has 96 valence electrons. The molecular weight excluding hydrogens is 244 g/mol. The fraction of sp³-hybridized carbons (Fsp3) is 0.0714. The molecule has 1 heterocycles. The molecule has 0 amide bonds. The average Bonchev–Trinajstić information content (AvgIpc) is 2.84. The third-order valence-electron chi connectivity index (χ3n) is 2.89. The number of hydrogen-bond donors (Lipinski definition) is 2. The predicted molar refractivity (Wildman–Crippen MR) is 72.1 cm³/mol. The smallest absolute Gasteiger partial charge is 0.231 e. The van der Waals surface area contributed by atoms with Crippen molar-refractivity contribution in [2.24, 2.45) is 0 Å². The first-order valence-corrected chi connectivity index (χ1v) is 5.71. The average molecular weight is 256 g/mol. The van der Waals surface area contributed by atoms with Gasteiger partial charge in [0.15, 0.2) is 11.3 Å². The van der Waals surface area contributed by atoms with Gasteiger partial charge in [0.25, 0.3) is 0 Å². The third-order valence-corrected chi connectivity index (χ3v) is 2.89. The number of phenols is 1. The second-order valence-electron chi connectivity index (χ2n) is 4.10. The van der Waals surface area contributed by atoms with Crippen molar-refractivity contribution >= 4 is 16.8 Å². The Balaban J connectivity index is 2.18. The van der Waals surface area contributed by atoms with E-state index in [1.54, 1.807) is 43.5 Å². The second-order valence-corrected chi connectivity index (χ2v) is 4.10. The fourth-order valence-corrected chi connectivity index (χ4v) is 1.88. The molecule has 0 aliphatic heterocycles. The Morgan fingerprint density at radius 2 is 2.11 bits per heavy atom. The van der Waals surface area contributed by atoms with Crippen LogP contribution >= 0.6 is 0 Å². The Morgan fingerprint density at radius 3 is 2.89 bits per heavy atom. The van der Waals surface area contributed by atoms with Crippen molar-refractivity contribution in [1.29, 1.82) is 0 Å². The van der Waals surface area contributed by atoms with E-state index < -0.39 is 0 Å². The zero-order chi connectivity index (χ0) is 13.4. The highest BCUT2D eigenvalue weighted by Crippen LogP contribution is 2.35. The number of nitrogen functional groups attached to an aromatic ring is 1. The summed E-state index contributed by atoms with van der Waals surface area (Å²) >= 11 is 0. The number of para-hydroxylation sites is 1. The lowest BCUT2D eigenvalue weighted by molar-refractivity contribution is 0.415. The number of ether oxygens (including phenoxy) is 1. The maximum Gasteiger partial charge on any atom is 0.231 e. The largest absolute Gasteiger partial charge is 0.505 e. The molecule has 3 aromatic rings. The van der Waals surface area contributed by atoms with Gasteiger partial charge in [-0.2, -0.15) is 0 Å². The first-order valence-electron chi connectivity index (χ1n) is 5.71. The van der Waals surface area contributed by atoms with Crippen molar-refractivity contribution in [3.05, 3.63) is 36.4 Å². The molecule has 5 heteroatoms. The second kappa shape index (κ2) is 4.20. The first-order chi connectivity index (χ1) is 9.19. The molecule has 0 unspecified atom stereocenters. The zero-order valence-corrected chi connectivity index (χ0v) is 10.3. The van der Waals surface area contributed by atoms with Gasteiger partial charge in [-0.05, 0) is 24.3 Å². The van der Waals surface area contributed by atoms with Crippen LogP contribution in [0.2, 0.25) is 0 Å². The topological polar surface area (TPSA) is 81.5 Å². The van der Waals surface area contributed by atoms with Crippen molar-refractivity contribution in [3.8, 4) is 23.0 Å². The summed E-state index contributed by atoms with van der Waals surface area (Å²) in [5.74, 6) is 0.998. The molecule has 0 saturated heterocycles. The molecule has 0 aliphatic carbocycles. The summed E-state index contributed by atoms with van der Waals surface area (Å²) in [7, 11) is 1.59. The lowest BCUT2D eigenvalue weighted by Crippen LogP contribution is -1.87. The quantitative estimate of drug-likeness (QED) is 0.544. The number of oxazole rings is 1. The number of nitrogens with zero attached hydrogens (tertiary/aromatic N) is 1. The number of nitrogens with two attached hydrogens (primary N) is 1. The van der Waals surface area contributed by atoms with Crippen LogP contribution in [0.1, 0.15) is 0 Å². The monoisotopic (exact) mass is 256 g/mol. The molecular formula is C14H12N2O3. The molecule has 0 aliphatic rings. The lowest BCUT2D eigenvalue weighted by atomic mass is 10.2. The standard InChI is InChI=1S/C14H12N2O3/c1-18-8-5-6-12-11(7-8)16-14(19-12)9-3-2-4-10(15)13(9)17/h2-7,17H,15H2,1H3. The summed E-state index contributed by atoms with van der Waals surface area (Å²) in [5.41, 5.74) is 7.70. The van der Waals surface area contributed by atoms with Gasteiger partial charge >= 0.3 is 0 Å². The van der Waals surface area contributed by atoms with Crippen LogP contribution in [0.5, 0.6) is 11.5 Å². The molecule has 0 radical (unpaired) electrons. The van der Waals surface area contributed by atoms with Crippen LogP contribution in [0.4, 0.5) is 5.69 Å². The van der Waals surface area contributed by atoms with Crippen LogP contribution in [0.15, 0.2) is 40.8 Å². The number of rotatable bonds is 2. The summed E-state index contributed by atoms with van der Waals surface area (Å²) in [4.78, 5) is 4.33. The van der Waals surface area contributed by atoms with Crippen molar-refractivity contribution in [3.63, 3.8) is 0 Å². The highest BCUT2D eigenvalue weighted by molar-refractivity contribution is 5.80. The maximum absolute atomic E-state index is 9.93. The van der Waals surface area contributed by atoms with Crippen LogP contribution in [-0.4, -0.2) is 17.2 Å². The Kier molecular flexibility index (Phi) is 2.52. The van der Waals surface area contributed by atoms with E-state index in [2.05, 4.69) is 4.98 Å². The number of phenolic OH excluding ortho intramolecular Hbond substituents is 1. The number of aromatic nitrogens is 1. The van der Waals surface area contributed by atoms with Crippen molar-refractivity contribution < 1.29 is 14.3 Å². The summed E-state index contributed by atoms with van der Waals surface area (Å²) in [6.07, 6.45) is 0. The normalized spacial score (nSPS) is 10.8. The molecule has 2 aromatic carbocycles. The van der Waals surface area contributed by atoms with Crippen LogP contribution in [0.3, 0.4) is 0 Å². The van der Waals surface area contributed by atoms with Gasteiger partial charge in [-0.15, -0.1) is 0 Å². The molecule has 0 spiro atoms. The van der Waals surface area contributed by atoms with Gasteiger partial charge in [0, 0.05) is 6.07 Å². The third kappa shape index (κ3) is 1.85. The van der Waals surface area contributed by atoms with E-state index in [-0.39, 0.29) is 11.4 Å². The molecule has 0 bridgehead atoms. The van der Waals surface area contributed by atoms with Gasteiger partial charge in [-0.25, -0.2) is 4.98 Å². The highest BCUT2D eigenvalue weighted by Gasteiger charge is 2.14. The van der Waals surface area contributed by atoms with Gasteiger partial charge in [0.1, 0.15) is 11.3 Å². The van der Waals surface area contributed by atoms with Crippen LogP contribution < -0.4 is 10.5 Å². The maximum atomic E-state index is 9.93. The Morgan fingerprint density at radius 1 is 1.26 bits per heavy atom. The van der Waals surface area contributed by atoms with E-state index in [0.717, 1.165) is 0 Å². The highest BCUT2D eigenvalue weighted by atomic mass is 16.5. The van der Waals surface area contributed by atoms with E-state index in [0.29, 0.717) is 28.3 Å². The first kappa shape index (κ1) is 11.4. The summed E-state index contributed by atoms with van der Waals surface area (Å²) in [5, 5.41) is 9.93. The Hall–Kier alpha value is -2.69. The van der Waals surface area contributed by atoms with Crippen LogP contribution in [0, 0.1) is 0 Å². The van der Waals surface area contributed by atoms with E-state index in [1.807, 2.05) is 0 Å². The molecule has 3 N–H and O–H groups in total. The predicted octanol–water partition coefficient (Wildman–Crippen LogP) is 2.79. The summed E-state index contributed by atoms with van der Waals surface area (Å²) in [6.45, 7) is 0. The molecule has 1 aromatic heterocycles. The molecule has 0 atom stereocenters. The zero-order valence-electron chi connectivity index (χ0n) is 10.3. The molecule has 19 heavy (non-hydrogen) atoms. The Bertz CT molecular complexity index is 750. The minimum absolute atomic E-state index is 0.0268. The van der Waals surface area contributed by atoms with Gasteiger partial charge in [-0.3, -0.25) is 0 Å². The molecule has 0 fully saturated rings. The van der Waals surface area contributed by atoms with Crippen molar-refractivity contribution in [2.45, 2.75) is 0 Å². The van der Waals surface area contributed by atoms with E-state index in [1.165, 1.54) is 0 Å². The number of fused-ring (bicyclic) bond motifs is 1. The fourth-order valence-electron chi connectivity index (χ4n) is 1.88. The number of hydrogen-bond acceptors (Lipinski definition) is 5. The van der Waals surface area contributed by atoms with Gasteiger partial charge < -0.3 is 20.0 Å². The van der Waals surface area contributed by atoms with Crippen molar-refractivity contribution in [1.82, 2.24) is 4.98 Å². The van der Waals surface area contributed by atoms with E-state index >= 15 is 0 Å². The van der Waals surface area contributed by atoms with Gasteiger partial charge in [-0.1, -0.05) is 6.07 Å². The van der Waals surface area contributed by atoms with E-state index in [4.69, 9.17) is 14.9 Å². The lowest BCUT2D eigenvalue weighted by Gasteiger charge is -2.02. The minimum atomic E-state index is -0.0268. The molecule has 3 rings (SSSR count). The number of anilines is 1. The van der Waals surface area contributed by atoms with Gasteiger partial charge in [0.05, 0.1) is 18.4 Å². The van der Waals surface area contributed by atoms with E-state index in [9.17, 15) is 5.11 Å². The van der Waals surface area contributed by atoms with Crippen LogP contribution in [0.25, 0.3) is 22.6 Å². The van der Waals surface area contributed by atoms with Gasteiger partial charge in [0.2, 0.25) is 5.89 Å². The number of benzene rings is 2. The summed E-state index contributed by atoms with van der Waals surface area (Å²) in [6, 6.07) is 10.4. The van der Waals surface area contributed by atoms with Crippen molar-refractivity contribution in [2.75, 3.05) is 12.8 Å². The molecule has 0 saturated carbocycles.